The number of thiophene rings is 1. The molecule has 0 aliphatic rings. The van der Waals surface area contributed by atoms with E-state index in [9.17, 15) is 9.59 Å². The molecule has 0 spiro atoms. The van der Waals surface area contributed by atoms with Gasteiger partial charge in [0.05, 0.1) is 13.1 Å². The van der Waals surface area contributed by atoms with E-state index in [0.29, 0.717) is 24.9 Å². The number of unbranched alkanes of at least 4 members (excludes halogenated alkanes) is 1. The number of rotatable bonds is 6. The Morgan fingerprint density at radius 3 is 2.59 bits per heavy atom. The molecule has 94 valence electrons. The zero-order valence-corrected chi connectivity index (χ0v) is 12.8. The molecule has 0 aromatic carbocycles. The first-order valence-corrected chi connectivity index (χ1v) is 7.36. The molecule has 1 aromatic rings. The maximum Gasteiger partial charge on any atom is 0.303 e. The fourth-order valence-corrected chi connectivity index (χ4v) is 3.99. The lowest BCUT2D eigenvalue weighted by atomic mass is 10.2. The fraction of sp³-hybridized carbons (Fsp3) is 0.400. The Kier molecular flexibility index (Phi) is 6.15. The number of hydrogen-bond donors (Lipinski definition) is 2. The average molecular weight is 385 g/mol. The highest BCUT2D eigenvalue weighted by Crippen LogP contribution is 2.31. The lowest BCUT2D eigenvalue weighted by Gasteiger charge is -2.03. The Bertz CT molecular complexity index is 420. The zero-order valence-electron chi connectivity index (χ0n) is 8.83. The number of aliphatic carboxylic acids is 1. The molecular weight excluding hydrogens is 374 g/mol. The average Bonchev–Trinajstić information content (AvgIpc) is 2.56. The van der Waals surface area contributed by atoms with E-state index in [4.69, 9.17) is 5.11 Å². The van der Waals surface area contributed by atoms with E-state index in [1.807, 2.05) is 0 Å². The Morgan fingerprint density at radius 2 is 2.06 bits per heavy atom. The van der Waals surface area contributed by atoms with Crippen LogP contribution in [0.4, 0.5) is 0 Å². The summed E-state index contributed by atoms with van der Waals surface area (Å²) in [5.41, 5.74) is 0.597. The largest absolute Gasteiger partial charge is 0.481 e. The third-order valence-electron chi connectivity index (χ3n) is 2.00. The van der Waals surface area contributed by atoms with Gasteiger partial charge in [-0.1, -0.05) is 0 Å². The number of halogens is 2. The second-order valence-corrected chi connectivity index (χ2v) is 7.09. The van der Waals surface area contributed by atoms with Crippen LogP contribution in [0.1, 0.15) is 29.6 Å². The molecule has 7 heteroatoms. The molecule has 0 saturated heterocycles. The molecular formula is C10H11Br2NO3S. The highest BCUT2D eigenvalue weighted by molar-refractivity contribution is 9.12. The van der Waals surface area contributed by atoms with E-state index in [-0.39, 0.29) is 12.3 Å². The molecule has 1 aromatic heterocycles. The first-order chi connectivity index (χ1) is 8.00. The number of hydrogen-bond acceptors (Lipinski definition) is 3. The van der Waals surface area contributed by atoms with Crippen LogP contribution in [0.5, 0.6) is 0 Å². The van der Waals surface area contributed by atoms with Gasteiger partial charge in [0.2, 0.25) is 0 Å². The van der Waals surface area contributed by atoms with Gasteiger partial charge in [0.1, 0.15) is 0 Å². The lowest BCUT2D eigenvalue weighted by molar-refractivity contribution is -0.137. The molecule has 0 aliphatic heterocycles. The molecule has 1 rings (SSSR count). The molecule has 2 N–H and O–H groups in total. The van der Waals surface area contributed by atoms with Gasteiger partial charge in [0, 0.05) is 13.0 Å². The molecule has 4 nitrogen and oxygen atoms in total. The number of carbonyl (C=O) groups excluding carboxylic acids is 1. The number of carbonyl (C=O) groups is 2. The molecule has 0 aliphatic carbocycles. The van der Waals surface area contributed by atoms with Gasteiger partial charge in [-0.05, 0) is 50.8 Å². The van der Waals surface area contributed by atoms with Gasteiger partial charge in [0.25, 0.3) is 5.91 Å². The predicted octanol–water partition coefficient (Wildman–Crippen LogP) is 3.26. The van der Waals surface area contributed by atoms with E-state index in [2.05, 4.69) is 37.2 Å². The van der Waals surface area contributed by atoms with Crippen LogP contribution in [0.25, 0.3) is 0 Å². The van der Waals surface area contributed by atoms with E-state index in [0.717, 1.165) is 7.57 Å². The summed E-state index contributed by atoms with van der Waals surface area (Å²) in [5, 5.41) is 11.2. The Morgan fingerprint density at radius 1 is 1.35 bits per heavy atom. The zero-order chi connectivity index (χ0) is 12.8. The van der Waals surface area contributed by atoms with Crippen molar-refractivity contribution >= 4 is 55.1 Å². The first kappa shape index (κ1) is 14.7. The van der Waals surface area contributed by atoms with Gasteiger partial charge >= 0.3 is 5.97 Å². The number of amides is 1. The van der Waals surface area contributed by atoms with Gasteiger partial charge in [-0.3, -0.25) is 9.59 Å². The smallest absolute Gasteiger partial charge is 0.303 e. The van der Waals surface area contributed by atoms with Crippen molar-refractivity contribution in [2.24, 2.45) is 0 Å². The lowest BCUT2D eigenvalue weighted by Crippen LogP contribution is -2.24. The molecule has 0 bridgehead atoms. The van der Waals surface area contributed by atoms with Crippen LogP contribution in [0.3, 0.4) is 0 Å². The minimum Gasteiger partial charge on any atom is -0.481 e. The molecule has 0 atom stereocenters. The van der Waals surface area contributed by atoms with E-state index < -0.39 is 5.97 Å². The Hall–Kier alpha value is -0.400. The second kappa shape index (κ2) is 7.13. The minimum atomic E-state index is -0.805. The monoisotopic (exact) mass is 383 g/mol. The standard InChI is InChI=1S/C10H11Br2NO3S/c11-7-5-6(9(12)17-7)10(16)13-4-2-1-3-8(14)15/h5H,1-4H2,(H,13,16)(H,14,15). The summed E-state index contributed by atoms with van der Waals surface area (Å²) in [4.78, 5) is 22.0. The van der Waals surface area contributed by atoms with Crippen LogP contribution in [0, 0.1) is 0 Å². The van der Waals surface area contributed by atoms with Crippen LogP contribution >= 0.6 is 43.2 Å². The summed E-state index contributed by atoms with van der Waals surface area (Å²) >= 11 is 8.05. The van der Waals surface area contributed by atoms with Crippen molar-refractivity contribution in [3.8, 4) is 0 Å². The summed E-state index contributed by atoms with van der Waals surface area (Å²) in [6, 6.07) is 1.75. The van der Waals surface area contributed by atoms with Crippen LogP contribution < -0.4 is 5.32 Å². The third-order valence-corrected chi connectivity index (χ3v) is 4.34. The van der Waals surface area contributed by atoms with Gasteiger partial charge in [-0.2, -0.15) is 0 Å². The molecule has 0 fully saturated rings. The van der Waals surface area contributed by atoms with Crippen LogP contribution in [-0.2, 0) is 4.79 Å². The van der Waals surface area contributed by atoms with E-state index in [1.54, 1.807) is 6.07 Å². The summed E-state index contributed by atoms with van der Waals surface area (Å²) in [7, 11) is 0. The van der Waals surface area contributed by atoms with E-state index in [1.165, 1.54) is 11.3 Å². The number of carboxylic acids is 1. The molecule has 0 unspecified atom stereocenters. The van der Waals surface area contributed by atoms with Gasteiger partial charge in [-0.25, -0.2) is 0 Å². The molecule has 17 heavy (non-hydrogen) atoms. The van der Waals surface area contributed by atoms with Crippen LogP contribution in [-0.4, -0.2) is 23.5 Å². The molecule has 0 radical (unpaired) electrons. The SMILES string of the molecule is O=C(O)CCCCNC(=O)c1cc(Br)sc1Br. The highest BCUT2D eigenvalue weighted by atomic mass is 79.9. The maximum atomic E-state index is 11.7. The summed E-state index contributed by atoms with van der Waals surface area (Å²) in [6.45, 7) is 0.492. The third kappa shape index (κ3) is 5.18. The second-order valence-electron chi connectivity index (χ2n) is 3.34. The van der Waals surface area contributed by atoms with Crippen molar-refractivity contribution in [1.82, 2.24) is 5.32 Å². The minimum absolute atomic E-state index is 0.142. The normalized spacial score (nSPS) is 10.2. The number of carboxylic acid groups (broad SMARTS) is 1. The Labute approximate surface area is 120 Å². The van der Waals surface area contributed by atoms with Crippen molar-refractivity contribution in [3.05, 3.63) is 19.2 Å². The van der Waals surface area contributed by atoms with Crippen molar-refractivity contribution in [2.45, 2.75) is 19.3 Å². The van der Waals surface area contributed by atoms with Gasteiger partial charge < -0.3 is 10.4 Å². The van der Waals surface area contributed by atoms with Crippen molar-refractivity contribution < 1.29 is 14.7 Å². The quantitative estimate of drug-likeness (QED) is 0.739. The van der Waals surface area contributed by atoms with Crippen LogP contribution in [0.2, 0.25) is 0 Å². The Balaban J connectivity index is 2.30. The predicted molar refractivity (Wildman–Crippen MR) is 73.5 cm³/mol. The molecule has 1 heterocycles. The summed E-state index contributed by atoms with van der Waals surface area (Å²) in [6.07, 6.45) is 1.38. The van der Waals surface area contributed by atoms with Gasteiger partial charge in [0.15, 0.2) is 0 Å². The summed E-state index contributed by atoms with van der Waals surface area (Å²) < 4.78 is 1.67. The van der Waals surface area contributed by atoms with Crippen molar-refractivity contribution in [1.29, 1.82) is 0 Å². The highest BCUT2D eigenvalue weighted by Gasteiger charge is 2.12. The van der Waals surface area contributed by atoms with Crippen molar-refractivity contribution in [2.75, 3.05) is 6.54 Å². The first-order valence-electron chi connectivity index (χ1n) is 4.95. The van der Waals surface area contributed by atoms with Crippen LogP contribution in [0.15, 0.2) is 13.6 Å². The maximum absolute atomic E-state index is 11.7. The number of nitrogens with one attached hydrogen (secondary N) is 1. The topological polar surface area (TPSA) is 66.4 Å². The van der Waals surface area contributed by atoms with Gasteiger partial charge in [-0.15, -0.1) is 11.3 Å². The van der Waals surface area contributed by atoms with E-state index >= 15 is 0 Å². The van der Waals surface area contributed by atoms with Crippen molar-refractivity contribution in [3.63, 3.8) is 0 Å². The molecule has 0 saturated carbocycles. The fourth-order valence-electron chi connectivity index (χ4n) is 1.19. The summed E-state index contributed by atoms with van der Waals surface area (Å²) in [5.74, 6) is -0.949. The molecule has 1 amide bonds.